The van der Waals surface area contributed by atoms with Gasteiger partial charge in [0, 0.05) is 25.2 Å². The van der Waals surface area contributed by atoms with Crippen LogP contribution in [-0.4, -0.2) is 35.1 Å². The van der Waals surface area contributed by atoms with Gasteiger partial charge < -0.3 is 14.2 Å². The molecule has 0 bridgehead atoms. The summed E-state index contributed by atoms with van der Waals surface area (Å²) in [6, 6.07) is 7.29. The van der Waals surface area contributed by atoms with Crippen LogP contribution < -0.4 is 10.3 Å². The number of pyridine rings is 1. The SMILES string of the molecule is CCCCn1c(=O)c(C(=O)N(C)C(C)(C)C)cc2ccc(OC)cc21. The molecule has 0 N–H and O–H groups in total. The second-order valence-electron chi connectivity index (χ2n) is 7.33. The van der Waals surface area contributed by atoms with Gasteiger partial charge in [0.1, 0.15) is 11.3 Å². The number of aryl methyl sites for hydroxylation is 1. The Kier molecular flexibility index (Phi) is 5.55. The lowest BCUT2D eigenvalue weighted by atomic mass is 10.0. The van der Waals surface area contributed by atoms with E-state index in [-0.39, 0.29) is 22.6 Å². The number of rotatable bonds is 5. The Morgan fingerprint density at radius 1 is 1.24 bits per heavy atom. The summed E-state index contributed by atoms with van der Waals surface area (Å²) in [7, 11) is 3.34. The van der Waals surface area contributed by atoms with Crippen molar-refractivity contribution in [2.45, 2.75) is 52.6 Å². The monoisotopic (exact) mass is 344 g/mol. The Labute approximate surface area is 149 Å². The summed E-state index contributed by atoms with van der Waals surface area (Å²) in [5.74, 6) is 0.448. The largest absolute Gasteiger partial charge is 0.497 e. The Morgan fingerprint density at radius 3 is 2.48 bits per heavy atom. The van der Waals surface area contributed by atoms with Gasteiger partial charge in [-0.1, -0.05) is 13.3 Å². The zero-order valence-electron chi connectivity index (χ0n) is 16.0. The minimum absolute atomic E-state index is 0.214. The first-order valence-electron chi connectivity index (χ1n) is 8.70. The molecule has 0 aliphatic carbocycles. The highest BCUT2D eigenvalue weighted by molar-refractivity contribution is 5.97. The van der Waals surface area contributed by atoms with Crippen LogP contribution in [0.15, 0.2) is 29.1 Å². The number of unbranched alkanes of at least 4 members (excludes halogenated alkanes) is 1. The third-order valence-electron chi connectivity index (χ3n) is 4.58. The number of carbonyl (C=O) groups is 1. The fourth-order valence-electron chi connectivity index (χ4n) is 2.66. The molecule has 5 nitrogen and oxygen atoms in total. The number of benzene rings is 1. The minimum Gasteiger partial charge on any atom is -0.497 e. The molecule has 136 valence electrons. The third-order valence-corrected chi connectivity index (χ3v) is 4.58. The summed E-state index contributed by atoms with van der Waals surface area (Å²) in [4.78, 5) is 27.5. The van der Waals surface area contributed by atoms with Crippen LogP contribution in [0, 0.1) is 0 Å². The first kappa shape index (κ1) is 19.0. The third kappa shape index (κ3) is 3.86. The normalized spacial score (nSPS) is 11.6. The van der Waals surface area contributed by atoms with Crippen LogP contribution >= 0.6 is 0 Å². The summed E-state index contributed by atoms with van der Waals surface area (Å²) in [6.07, 6.45) is 1.84. The number of carbonyl (C=O) groups excluding carboxylic acids is 1. The van der Waals surface area contributed by atoms with E-state index in [4.69, 9.17) is 4.74 Å². The number of amides is 1. The minimum atomic E-state index is -0.355. The van der Waals surface area contributed by atoms with Gasteiger partial charge >= 0.3 is 0 Å². The summed E-state index contributed by atoms with van der Waals surface area (Å²) in [6.45, 7) is 8.51. The highest BCUT2D eigenvalue weighted by Gasteiger charge is 2.26. The number of hydrogen-bond acceptors (Lipinski definition) is 3. The predicted octanol–water partition coefficient (Wildman–Crippen LogP) is 3.68. The molecule has 1 aromatic carbocycles. The average Bonchev–Trinajstić information content (AvgIpc) is 2.58. The quantitative estimate of drug-likeness (QED) is 0.831. The molecule has 0 fully saturated rings. The van der Waals surface area contributed by atoms with Crippen molar-refractivity contribution in [2.24, 2.45) is 0 Å². The number of aromatic nitrogens is 1. The Balaban J connectivity index is 2.68. The lowest BCUT2D eigenvalue weighted by Crippen LogP contribution is -2.45. The maximum absolute atomic E-state index is 13.0. The van der Waals surface area contributed by atoms with Crippen molar-refractivity contribution >= 4 is 16.8 Å². The van der Waals surface area contributed by atoms with Gasteiger partial charge in [-0.05, 0) is 50.8 Å². The van der Waals surface area contributed by atoms with Gasteiger partial charge in [-0.3, -0.25) is 9.59 Å². The van der Waals surface area contributed by atoms with Gasteiger partial charge in [-0.15, -0.1) is 0 Å². The zero-order valence-corrected chi connectivity index (χ0v) is 16.0. The van der Waals surface area contributed by atoms with E-state index in [0.29, 0.717) is 12.3 Å². The molecule has 0 radical (unpaired) electrons. The van der Waals surface area contributed by atoms with Crippen LogP contribution in [-0.2, 0) is 6.54 Å². The predicted molar refractivity (Wildman–Crippen MR) is 102 cm³/mol. The maximum Gasteiger partial charge on any atom is 0.263 e. The highest BCUT2D eigenvalue weighted by Crippen LogP contribution is 2.22. The number of fused-ring (bicyclic) bond motifs is 1. The second kappa shape index (κ2) is 7.30. The lowest BCUT2D eigenvalue weighted by molar-refractivity contribution is 0.0653. The molecule has 0 spiro atoms. The van der Waals surface area contributed by atoms with E-state index >= 15 is 0 Å². The fraction of sp³-hybridized carbons (Fsp3) is 0.500. The topological polar surface area (TPSA) is 51.5 Å². The standard InChI is InChI=1S/C20H28N2O3/c1-7-8-11-22-17-13-15(25-6)10-9-14(17)12-16(19(22)24)18(23)21(5)20(2,3)4/h9-10,12-13H,7-8,11H2,1-6H3. The summed E-state index contributed by atoms with van der Waals surface area (Å²) in [5, 5.41) is 0.863. The molecule has 0 aliphatic rings. The molecular weight excluding hydrogens is 316 g/mol. The second-order valence-corrected chi connectivity index (χ2v) is 7.33. The number of ether oxygens (including phenoxy) is 1. The molecule has 0 saturated heterocycles. The summed E-state index contributed by atoms with van der Waals surface area (Å²) >= 11 is 0. The molecule has 0 aliphatic heterocycles. The lowest BCUT2D eigenvalue weighted by Gasteiger charge is -2.32. The maximum atomic E-state index is 13.0. The van der Waals surface area contributed by atoms with Crippen molar-refractivity contribution in [3.63, 3.8) is 0 Å². The van der Waals surface area contributed by atoms with E-state index < -0.39 is 0 Å². The Bertz CT molecular complexity index is 831. The van der Waals surface area contributed by atoms with Crippen LogP contribution in [0.1, 0.15) is 50.9 Å². The summed E-state index contributed by atoms with van der Waals surface area (Å²) in [5.41, 5.74) is 0.418. The van der Waals surface area contributed by atoms with E-state index in [1.807, 2.05) is 39.0 Å². The van der Waals surface area contributed by atoms with Crippen molar-refractivity contribution in [1.82, 2.24) is 9.47 Å². The van der Waals surface area contributed by atoms with Crippen molar-refractivity contribution in [2.75, 3.05) is 14.2 Å². The van der Waals surface area contributed by atoms with E-state index in [1.54, 1.807) is 29.7 Å². The van der Waals surface area contributed by atoms with E-state index in [9.17, 15) is 9.59 Å². The first-order valence-corrected chi connectivity index (χ1v) is 8.70. The smallest absolute Gasteiger partial charge is 0.263 e. The molecule has 5 heteroatoms. The highest BCUT2D eigenvalue weighted by atomic mass is 16.5. The molecule has 0 atom stereocenters. The molecular formula is C20H28N2O3. The number of methoxy groups -OCH3 is 1. The van der Waals surface area contributed by atoms with E-state index in [1.165, 1.54) is 0 Å². The van der Waals surface area contributed by atoms with Gasteiger partial charge in [0.2, 0.25) is 0 Å². The van der Waals surface area contributed by atoms with E-state index in [0.717, 1.165) is 23.7 Å². The van der Waals surface area contributed by atoms with Crippen LogP contribution in [0.2, 0.25) is 0 Å². The van der Waals surface area contributed by atoms with Crippen molar-refractivity contribution < 1.29 is 9.53 Å². The molecule has 1 amide bonds. The van der Waals surface area contributed by atoms with Gasteiger partial charge in [-0.25, -0.2) is 0 Å². The molecule has 1 heterocycles. The number of nitrogens with zero attached hydrogens (tertiary/aromatic N) is 2. The van der Waals surface area contributed by atoms with E-state index in [2.05, 4.69) is 6.92 Å². The average molecular weight is 344 g/mol. The van der Waals surface area contributed by atoms with Crippen molar-refractivity contribution in [3.8, 4) is 5.75 Å². The molecule has 0 saturated carbocycles. The fourth-order valence-corrected chi connectivity index (χ4v) is 2.66. The molecule has 2 aromatic rings. The van der Waals surface area contributed by atoms with Gasteiger partial charge in [0.05, 0.1) is 12.6 Å². The van der Waals surface area contributed by atoms with Crippen LogP contribution in [0.25, 0.3) is 10.9 Å². The molecule has 0 unspecified atom stereocenters. The summed E-state index contributed by atoms with van der Waals surface area (Å²) < 4.78 is 6.99. The molecule has 25 heavy (non-hydrogen) atoms. The number of hydrogen-bond donors (Lipinski definition) is 0. The van der Waals surface area contributed by atoms with Gasteiger partial charge in [-0.2, -0.15) is 0 Å². The zero-order chi connectivity index (χ0) is 18.8. The first-order chi connectivity index (χ1) is 11.7. The van der Waals surface area contributed by atoms with Crippen molar-refractivity contribution in [1.29, 1.82) is 0 Å². The van der Waals surface area contributed by atoms with Crippen molar-refractivity contribution in [3.05, 3.63) is 40.2 Å². The van der Waals surface area contributed by atoms with Gasteiger partial charge in [0.25, 0.3) is 11.5 Å². The van der Waals surface area contributed by atoms with Crippen LogP contribution in [0.3, 0.4) is 0 Å². The Morgan fingerprint density at radius 2 is 1.92 bits per heavy atom. The molecule has 2 rings (SSSR count). The molecule has 1 aromatic heterocycles. The van der Waals surface area contributed by atoms with Crippen LogP contribution in [0.4, 0.5) is 0 Å². The van der Waals surface area contributed by atoms with Crippen LogP contribution in [0.5, 0.6) is 5.75 Å². The van der Waals surface area contributed by atoms with Gasteiger partial charge in [0.15, 0.2) is 0 Å². The Hall–Kier alpha value is -2.30.